The number of carbonyl (C=O) groups excluding carboxylic acids is 1. The van der Waals surface area contributed by atoms with E-state index in [1.165, 1.54) is 48.2 Å². The highest BCUT2D eigenvalue weighted by Crippen LogP contribution is 2.34. The Morgan fingerprint density at radius 2 is 1.96 bits per heavy atom. The Morgan fingerprint density at radius 3 is 2.50 bits per heavy atom. The molecule has 10 heteroatoms. The molecule has 0 aliphatic carbocycles. The zero-order chi connectivity index (χ0) is 19.1. The van der Waals surface area contributed by atoms with Crippen LogP contribution in [-0.4, -0.2) is 37.0 Å². The number of rotatable bonds is 4. The maximum Gasteiger partial charge on any atom is 0.321 e. The molecule has 0 unspecified atom stereocenters. The molecule has 1 aliphatic rings. The normalized spacial score (nSPS) is 14.4. The Kier molecular flexibility index (Phi) is 4.38. The van der Waals surface area contributed by atoms with E-state index in [1.54, 1.807) is 0 Å². The average Bonchev–Trinajstić information content (AvgIpc) is 2.99. The first-order valence-corrected chi connectivity index (χ1v) is 9.05. The van der Waals surface area contributed by atoms with Crippen LogP contribution in [0.1, 0.15) is 5.56 Å². The number of anilines is 1. The van der Waals surface area contributed by atoms with Crippen molar-refractivity contribution >= 4 is 27.5 Å². The van der Waals surface area contributed by atoms with Crippen LogP contribution in [-0.2, 0) is 10.1 Å². The van der Waals surface area contributed by atoms with Gasteiger partial charge < -0.3 is 5.32 Å². The summed E-state index contributed by atoms with van der Waals surface area (Å²) < 4.78 is 33.0. The lowest BCUT2D eigenvalue weighted by molar-refractivity contribution is -0.385. The molecule has 0 aromatic heterocycles. The third-order valence-corrected chi connectivity index (χ3v) is 5.03. The monoisotopic (exact) mass is 377 g/mol. The number of hydrogen-bond acceptors (Lipinski definition) is 5. The van der Waals surface area contributed by atoms with Gasteiger partial charge in [-0.2, -0.15) is 8.42 Å². The van der Waals surface area contributed by atoms with E-state index in [2.05, 4.69) is 5.32 Å². The summed E-state index contributed by atoms with van der Waals surface area (Å²) in [5.41, 5.74) is 1.23. The minimum absolute atomic E-state index is 0.0998. The van der Waals surface area contributed by atoms with Crippen molar-refractivity contribution in [2.45, 2.75) is 11.8 Å². The molecule has 2 N–H and O–H groups in total. The topological polar surface area (TPSA) is 130 Å². The van der Waals surface area contributed by atoms with Gasteiger partial charge in [-0.15, -0.1) is 0 Å². The van der Waals surface area contributed by atoms with Crippen molar-refractivity contribution in [3.05, 3.63) is 52.1 Å². The molecular weight excluding hydrogens is 362 g/mol. The summed E-state index contributed by atoms with van der Waals surface area (Å²) in [6.45, 7) is 2.42. The van der Waals surface area contributed by atoms with Crippen LogP contribution in [0, 0.1) is 17.0 Å². The van der Waals surface area contributed by atoms with Gasteiger partial charge in [-0.05, 0) is 42.8 Å². The van der Waals surface area contributed by atoms with Crippen molar-refractivity contribution in [2.75, 3.05) is 18.0 Å². The maximum atomic E-state index is 11.9. The van der Waals surface area contributed by atoms with E-state index in [0.29, 0.717) is 29.9 Å². The fraction of sp³-hybridized carbons (Fsp3) is 0.188. The van der Waals surface area contributed by atoms with Crippen LogP contribution in [0.4, 0.5) is 16.2 Å². The van der Waals surface area contributed by atoms with Gasteiger partial charge in [0.05, 0.1) is 4.92 Å². The molecule has 0 bridgehead atoms. The quantitative estimate of drug-likeness (QED) is 0.478. The summed E-state index contributed by atoms with van der Waals surface area (Å²) in [4.78, 5) is 23.4. The Hall–Kier alpha value is -2.98. The molecule has 26 heavy (non-hydrogen) atoms. The Balaban J connectivity index is 2.18. The molecule has 1 fully saturated rings. The first kappa shape index (κ1) is 17.8. The second kappa shape index (κ2) is 6.39. The highest BCUT2D eigenvalue weighted by atomic mass is 32.2. The number of carbonyl (C=O) groups is 1. The van der Waals surface area contributed by atoms with Crippen molar-refractivity contribution < 1.29 is 22.7 Å². The largest absolute Gasteiger partial charge is 0.336 e. The Labute approximate surface area is 149 Å². The first-order valence-electron chi connectivity index (χ1n) is 7.61. The van der Waals surface area contributed by atoms with Gasteiger partial charge in [0.25, 0.3) is 15.8 Å². The van der Waals surface area contributed by atoms with Crippen LogP contribution < -0.4 is 10.2 Å². The summed E-state index contributed by atoms with van der Waals surface area (Å²) in [5, 5.41) is 13.6. The minimum Gasteiger partial charge on any atom is -0.336 e. The Bertz CT molecular complexity index is 1020. The van der Waals surface area contributed by atoms with Gasteiger partial charge in [0, 0.05) is 36.0 Å². The summed E-state index contributed by atoms with van der Waals surface area (Å²) in [6, 6.07) is 7.94. The predicted octanol–water partition coefficient (Wildman–Crippen LogP) is 2.35. The van der Waals surface area contributed by atoms with Crippen molar-refractivity contribution in [3.63, 3.8) is 0 Å². The number of nitro groups is 1. The van der Waals surface area contributed by atoms with Gasteiger partial charge in [0.2, 0.25) is 0 Å². The zero-order valence-corrected chi connectivity index (χ0v) is 14.5. The van der Waals surface area contributed by atoms with Crippen molar-refractivity contribution in [3.8, 4) is 11.1 Å². The van der Waals surface area contributed by atoms with Crippen LogP contribution in [0.3, 0.4) is 0 Å². The smallest absolute Gasteiger partial charge is 0.321 e. The summed E-state index contributed by atoms with van der Waals surface area (Å²) in [5.74, 6) is 0. The van der Waals surface area contributed by atoms with E-state index < -0.39 is 15.0 Å². The summed E-state index contributed by atoms with van der Waals surface area (Å²) in [7, 11) is -4.53. The van der Waals surface area contributed by atoms with E-state index in [4.69, 9.17) is 0 Å². The molecule has 0 spiro atoms. The highest BCUT2D eigenvalue weighted by Gasteiger charge is 2.25. The van der Waals surface area contributed by atoms with E-state index in [0.717, 1.165) is 0 Å². The summed E-state index contributed by atoms with van der Waals surface area (Å²) >= 11 is 0. The molecule has 1 heterocycles. The molecule has 0 saturated carbocycles. The molecule has 1 aliphatic heterocycles. The molecule has 3 rings (SSSR count). The number of aryl methyl sites for hydroxylation is 1. The number of benzene rings is 2. The number of nitro benzene ring substituents is 1. The van der Waals surface area contributed by atoms with Crippen LogP contribution >= 0.6 is 0 Å². The van der Waals surface area contributed by atoms with Gasteiger partial charge in [0.15, 0.2) is 0 Å². The third kappa shape index (κ3) is 3.24. The number of amides is 2. The van der Waals surface area contributed by atoms with E-state index in [-0.39, 0.29) is 22.2 Å². The van der Waals surface area contributed by atoms with Crippen LogP contribution in [0.15, 0.2) is 41.3 Å². The van der Waals surface area contributed by atoms with E-state index in [1.807, 2.05) is 0 Å². The average molecular weight is 377 g/mol. The molecule has 136 valence electrons. The second-order valence-corrected chi connectivity index (χ2v) is 7.19. The van der Waals surface area contributed by atoms with Crippen molar-refractivity contribution in [1.82, 2.24) is 5.32 Å². The molecule has 2 amide bonds. The van der Waals surface area contributed by atoms with Crippen LogP contribution in [0.2, 0.25) is 0 Å². The number of hydrogen-bond donors (Lipinski definition) is 2. The molecule has 2 aromatic rings. The van der Waals surface area contributed by atoms with E-state index in [9.17, 15) is 27.9 Å². The lowest BCUT2D eigenvalue weighted by Crippen LogP contribution is -2.27. The lowest BCUT2D eigenvalue weighted by atomic mass is 10.0. The standard InChI is InChI=1S/C16H15N3O6S/c1-10-8-11(2-4-14(10)19(21)22)13-9-12(18-7-6-17-16(18)20)3-5-15(13)26(23,24)25/h2-5,8-9H,6-7H2,1H3,(H,17,20)(H,23,24,25). The van der Waals surface area contributed by atoms with Crippen LogP contribution in [0.25, 0.3) is 11.1 Å². The molecular formula is C16H15N3O6S. The number of urea groups is 1. The lowest BCUT2D eigenvalue weighted by Gasteiger charge is -2.17. The molecule has 2 aromatic carbocycles. The SMILES string of the molecule is Cc1cc(-c2cc(N3CCNC3=O)ccc2S(=O)(=O)O)ccc1[N+](=O)[O-]. The molecule has 9 nitrogen and oxygen atoms in total. The maximum absolute atomic E-state index is 11.9. The highest BCUT2D eigenvalue weighted by molar-refractivity contribution is 7.86. The fourth-order valence-electron chi connectivity index (χ4n) is 2.88. The van der Waals surface area contributed by atoms with Crippen LogP contribution in [0.5, 0.6) is 0 Å². The number of nitrogens with zero attached hydrogens (tertiary/aromatic N) is 2. The second-order valence-electron chi connectivity index (χ2n) is 5.80. The van der Waals surface area contributed by atoms with Gasteiger partial charge in [0.1, 0.15) is 4.90 Å². The van der Waals surface area contributed by atoms with Gasteiger partial charge in [-0.3, -0.25) is 19.6 Å². The van der Waals surface area contributed by atoms with Gasteiger partial charge >= 0.3 is 6.03 Å². The molecule has 0 radical (unpaired) electrons. The van der Waals surface area contributed by atoms with Gasteiger partial charge in [-0.25, -0.2) is 4.79 Å². The molecule has 0 atom stereocenters. The fourth-order valence-corrected chi connectivity index (χ4v) is 3.58. The van der Waals surface area contributed by atoms with E-state index >= 15 is 0 Å². The molecule has 1 saturated heterocycles. The minimum atomic E-state index is -4.53. The zero-order valence-electron chi connectivity index (χ0n) is 13.7. The third-order valence-electron chi connectivity index (χ3n) is 4.11. The first-order chi connectivity index (χ1) is 12.2. The number of nitrogens with one attached hydrogen (secondary N) is 1. The van der Waals surface area contributed by atoms with Crippen molar-refractivity contribution in [1.29, 1.82) is 0 Å². The van der Waals surface area contributed by atoms with Gasteiger partial charge in [-0.1, -0.05) is 0 Å². The Morgan fingerprint density at radius 1 is 1.23 bits per heavy atom. The predicted molar refractivity (Wildman–Crippen MR) is 93.8 cm³/mol. The summed E-state index contributed by atoms with van der Waals surface area (Å²) in [6.07, 6.45) is 0. The van der Waals surface area contributed by atoms with Crippen molar-refractivity contribution in [2.24, 2.45) is 0 Å².